The number of hydrogen-bond donors (Lipinski definition) is 1. The highest BCUT2D eigenvalue weighted by Crippen LogP contribution is 2.39. The van der Waals surface area contributed by atoms with Crippen LogP contribution < -0.4 is 14.8 Å². The highest BCUT2D eigenvalue weighted by Gasteiger charge is 2.21. The Hall–Kier alpha value is -1.09. The lowest BCUT2D eigenvalue weighted by atomic mass is 9.81. The Bertz CT molecular complexity index is 460. The van der Waals surface area contributed by atoms with Crippen LogP contribution in [-0.2, 0) is 0 Å². The number of rotatable bonds is 4. The van der Waals surface area contributed by atoms with Gasteiger partial charge in [-0.15, -0.1) is 0 Å². The molecule has 0 spiro atoms. The second kappa shape index (κ2) is 5.49. The number of benzene rings is 1. The molecule has 3 nitrogen and oxygen atoms in total. The molecular formula is C15H20ClNO2. The third-order valence-electron chi connectivity index (χ3n) is 3.95. The number of ether oxygens (including phenoxy) is 2. The van der Waals surface area contributed by atoms with Gasteiger partial charge in [0, 0.05) is 18.2 Å². The van der Waals surface area contributed by atoms with Crippen molar-refractivity contribution in [1.29, 1.82) is 0 Å². The molecular weight excluding hydrogens is 262 g/mol. The molecule has 1 unspecified atom stereocenters. The lowest BCUT2D eigenvalue weighted by Crippen LogP contribution is -2.23. The Labute approximate surface area is 119 Å². The summed E-state index contributed by atoms with van der Waals surface area (Å²) < 4.78 is 11.1. The van der Waals surface area contributed by atoms with Gasteiger partial charge in [-0.3, -0.25) is 0 Å². The summed E-state index contributed by atoms with van der Waals surface area (Å²) >= 11 is 6.29. The van der Waals surface area contributed by atoms with Crippen LogP contribution >= 0.6 is 11.6 Å². The number of halogens is 1. The molecule has 2 aliphatic rings. The van der Waals surface area contributed by atoms with E-state index in [1.807, 2.05) is 12.1 Å². The van der Waals surface area contributed by atoms with E-state index in [1.54, 1.807) is 0 Å². The summed E-state index contributed by atoms with van der Waals surface area (Å²) in [4.78, 5) is 0. The second-order valence-electron chi connectivity index (χ2n) is 5.55. The fourth-order valence-electron chi connectivity index (χ4n) is 2.73. The zero-order chi connectivity index (χ0) is 13.2. The number of hydrogen-bond acceptors (Lipinski definition) is 3. The molecule has 1 saturated carbocycles. The highest BCUT2D eigenvalue weighted by molar-refractivity contribution is 6.33. The molecule has 1 N–H and O–H groups in total. The van der Waals surface area contributed by atoms with E-state index in [9.17, 15) is 0 Å². The average Bonchev–Trinajstić information content (AvgIpc) is 2.35. The van der Waals surface area contributed by atoms with Crippen LogP contribution in [0.5, 0.6) is 11.5 Å². The van der Waals surface area contributed by atoms with E-state index in [-0.39, 0.29) is 0 Å². The number of fused-ring (bicyclic) bond motifs is 1. The largest absolute Gasteiger partial charge is 0.486 e. The van der Waals surface area contributed by atoms with Crippen LogP contribution in [0.1, 0.15) is 32.6 Å². The quantitative estimate of drug-likeness (QED) is 0.901. The summed E-state index contributed by atoms with van der Waals surface area (Å²) in [6.45, 7) is 3.41. The summed E-state index contributed by atoms with van der Waals surface area (Å²) in [6.07, 6.45) is 5.36. The van der Waals surface area contributed by atoms with Crippen molar-refractivity contribution in [3.05, 3.63) is 17.2 Å². The zero-order valence-electron chi connectivity index (χ0n) is 11.2. The maximum atomic E-state index is 6.29. The molecule has 104 valence electrons. The van der Waals surface area contributed by atoms with Gasteiger partial charge in [-0.2, -0.15) is 0 Å². The van der Waals surface area contributed by atoms with Crippen LogP contribution in [0.4, 0.5) is 5.69 Å². The van der Waals surface area contributed by atoms with Gasteiger partial charge in [0.2, 0.25) is 0 Å². The fourth-order valence-corrected chi connectivity index (χ4v) is 2.94. The minimum atomic E-state index is 0.436. The molecule has 1 fully saturated rings. The lowest BCUT2D eigenvalue weighted by Gasteiger charge is -2.29. The molecule has 0 saturated heterocycles. The molecule has 1 aromatic rings. The third kappa shape index (κ3) is 2.92. The standard InChI is InChI=1S/C15H20ClNO2/c1-10(7-11-3-2-4-11)17-13-9-15-14(8-12(13)16)18-5-6-19-15/h8-11,17H,2-7H2,1H3. The topological polar surface area (TPSA) is 30.5 Å². The van der Waals surface area contributed by atoms with E-state index >= 15 is 0 Å². The summed E-state index contributed by atoms with van der Waals surface area (Å²) in [5, 5.41) is 4.19. The van der Waals surface area contributed by atoms with Crippen LogP contribution in [0.15, 0.2) is 12.1 Å². The molecule has 4 heteroatoms. The summed E-state index contributed by atoms with van der Waals surface area (Å²) in [5.41, 5.74) is 0.942. The molecule has 19 heavy (non-hydrogen) atoms. The van der Waals surface area contributed by atoms with Gasteiger partial charge in [-0.05, 0) is 19.3 Å². The molecule has 1 aliphatic carbocycles. The normalized spacial score (nSPS) is 19.7. The smallest absolute Gasteiger partial charge is 0.163 e. The van der Waals surface area contributed by atoms with Gasteiger partial charge in [0.05, 0.1) is 10.7 Å². The van der Waals surface area contributed by atoms with Crippen molar-refractivity contribution in [2.24, 2.45) is 5.92 Å². The maximum absolute atomic E-state index is 6.29. The predicted octanol–water partition coefficient (Wildman–Crippen LogP) is 4.10. The summed E-state index contributed by atoms with van der Waals surface area (Å²) in [7, 11) is 0. The molecule has 0 radical (unpaired) electrons. The van der Waals surface area contributed by atoms with Gasteiger partial charge in [0.15, 0.2) is 11.5 Å². The van der Waals surface area contributed by atoms with Crippen LogP contribution in [0.25, 0.3) is 0 Å². The molecule has 0 bridgehead atoms. The summed E-state index contributed by atoms with van der Waals surface area (Å²) in [5.74, 6) is 2.42. The first-order valence-corrected chi connectivity index (χ1v) is 7.46. The number of anilines is 1. The number of nitrogens with one attached hydrogen (secondary N) is 1. The van der Waals surface area contributed by atoms with Crippen molar-refractivity contribution in [1.82, 2.24) is 0 Å². The average molecular weight is 282 g/mol. The Kier molecular flexibility index (Phi) is 3.74. The Balaban J connectivity index is 1.69. The molecule has 0 amide bonds. The van der Waals surface area contributed by atoms with Crippen molar-refractivity contribution in [2.45, 2.75) is 38.6 Å². The highest BCUT2D eigenvalue weighted by atomic mass is 35.5. The van der Waals surface area contributed by atoms with Crippen LogP contribution in [-0.4, -0.2) is 19.3 Å². The molecule has 0 aromatic heterocycles. The van der Waals surface area contributed by atoms with Gasteiger partial charge in [0.1, 0.15) is 13.2 Å². The SMILES string of the molecule is CC(CC1CCC1)Nc1cc2c(cc1Cl)OCCO2. The van der Waals surface area contributed by atoms with Crippen molar-refractivity contribution >= 4 is 17.3 Å². The Morgan fingerprint density at radius 2 is 1.95 bits per heavy atom. The van der Waals surface area contributed by atoms with Crippen LogP contribution in [0, 0.1) is 5.92 Å². The lowest BCUT2D eigenvalue weighted by molar-refractivity contribution is 0.171. The van der Waals surface area contributed by atoms with Crippen molar-refractivity contribution in [2.75, 3.05) is 18.5 Å². The first-order chi connectivity index (χ1) is 9.22. The molecule has 1 aromatic carbocycles. The van der Waals surface area contributed by atoms with E-state index < -0.39 is 0 Å². The van der Waals surface area contributed by atoms with Crippen LogP contribution in [0.3, 0.4) is 0 Å². The second-order valence-corrected chi connectivity index (χ2v) is 5.96. The summed E-state index contributed by atoms with van der Waals surface area (Å²) in [6, 6.07) is 4.23. The molecule has 1 aliphatic heterocycles. The van der Waals surface area contributed by atoms with E-state index in [4.69, 9.17) is 21.1 Å². The van der Waals surface area contributed by atoms with Crippen LogP contribution in [0.2, 0.25) is 5.02 Å². The Morgan fingerprint density at radius 1 is 1.26 bits per heavy atom. The molecule has 1 heterocycles. The predicted molar refractivity (Wildman–Crippen MR) is 77.5 cm³/mol. The van der Waals surface area contributed by atoms with Crippen molar-refractivity contribution < 1.29 is 9.47 Å². The Morgan fingerprint density at radius 3 is 2.58 bits per heavy atom. The first kappa shape index (κ1) is 12.9. The third-order valence-corrected chi connectivity index (χ3v) is 4.26. The van der Waals surface area contributed by atoms with Gasteiger partial charge >= 0.3 is 0 Å². The minimum Gasteiger partial charge on any atom is -0.486 e. The maximum Gasteiger partial charge on any atom is 0.163 e. The zero-order valence-corrected chi connectivity index (χ0v) is 12.0. The monoisotopic (exact) mass is 281 g/mol. The van der Waals surface area contributed by atoms with Crippen molar-refractivity contribution in [3.8, 4) is 11.5 Å². The van der Waals surface area contributed by atoms with E-state index in [1.165, 1.54) is 25.7 Å². The van der Waals surface area contributed by atoms with Gasteiger partial charge < -0.3 is 14.8 Å². The minimum absolute atomic E-state index is 0.436. The molecule has 1 atom stereocenters. The van der Waals surface area contributed by atoms with E-state index in [2.05, 4.69) is 12.2 Å². The first-order valence-electron chi connectivity index (χ1n) is 7.08. The van der Waals surface area contributed by atoms with Gasteiger partial charge in [-0.1, -0.05) is 30.9 Å². The fraction of sp³-hybridized carbons (Fsp3) is 0.600. The van der Waals surface area contributed by atoms with Gasteiger partial charge in [-0.25, -0.2) is 0 Å². The van der Waals surface area contributed by atoms with Crippen molar-refractivity contribution in [3.63, 3.8) is 0 Å². The van der Waals surface area contributed by atoms with E-state index in [0.717, 1.165) is 23.1 Å². The van der Waals surface area contributed by atoms with Gasteiger partial charge in [0.25, 0.3) is 0 Å². The van der Waals surface area contributed by atoms with E-state index in [0.29, 0.717) is 24.3 Å². The molecule has 3 rings (SSSR count).